The second-order valence-electron chi connectivity index (χ2n) is 9.73. The molecule has 4 heteroatoms. The van der Waals surface area contributed by atoms with Crippen LogP contribution in [0.2, 0.25) is 0 Å². The number of ether oxygens (including phenoxy) is 1. The maximum absolute atomic E-state index is 13.2. The molecular formula is C31H30N2O2. The van der Waals surface area contributed by atoms with Crippen molar-refractivity contribution in [3.05, 3.63) is 113 Å². The van der Waals surface area contributed by atoms with Crippen LogP contribution in [0.5, 0.6) is 5.75 Å². The average Bonchev–Trinajstić information content (AvgIpc) is 3.40. The molecule has 0 N–H and O–H groups in total. The highest BCUT2D eigenvalue weighted by Gasteiger charge is 2.28. The van der Waals surface area contributed by atoms with Crippen molar-refractivity contribution in [2.24, 2.45) is 5.92 Å². The van der Waals surface area contributed by atoms with Crippen molar-refractivity contribution in [1.82, 2.24) is 9.47 Å². The highest BCUT2D eigenvalue weighted by Crippen LogP contribution is 2.33. The molecule has 1 aromatic heterocycles. The normalized spacial score (nSPS) is 17.8. The van der Waals surface area contributed by atoms with Gasteiger partial charge in [0.1, 0.15) is 12.4 Å². The van der Waals surface area contributed by atoms with Gasteiger partial charge < -0.3 is 9.30 Å². The van der Waals surface area contributed by atoms with Gasteiger partial charge in [-0.1, -0.05) is 66.7 Å². The van der Waals surface area contributed by atoms with Crippen LogP contribution in [0.1, 0.15) is 34.5 Å². The van der Waals surface area contributed by atoms with E-state index in [1.54, 1.807) is 0 Å². The minimum absolute atomic E-state index is 0.180. The molecule has 0 unspecified atom stereocenters. The summed E-state index contributed by atoms with van der Waals surface area (Å²) in [5.74, 6) is 1.49. The minimum Gasteiger partial charge on any atom is -0.489 e. The van der Waals surface area contributed by atoms with Crippen LogP contribution in [0, 0.1) is 5.92 Å². The zero-order valence-corrected chi connectivity index (χ0v) is 19.9. The molecule has 4 nitrogen and oxygen atoms in total. The van der Waals surface area contributed by atoms with Gasteiger partial charge in [-0.3, -0.25) is 9.69 Å². The number of nitrogens with zero attached hydrogens (tertiary/aromatic N) is 2. The number of fused-ring (bicyclic) bond motifs is 3. The van der Waals surface area contributed by atoms with E-state index in [-0.39, 0.29) is 5.78 Å². The number of likely N-dealkylation sites (tertiary alicyclic amines) is 1. The molecule has 3 heterocycles. The predicted molar refractivity (Wildman–Crippen MR) is 140 cm³/mol. The zero-order chi connectivity index (χ0) is 23.6. The van der Waals surface area contributed by atoms with Crippen LogP contribution in [0.4, 0.5) is 0 Å². The van der Waals surface area contributed by atoms with E-state index in [4.69, 9.17) is 4.74 Å². The first-order valence-corrected chi connectivity index (χ1v) is 12.5. The first-order chi connectivity index (χ1) is 17.2. The van der Waals surface area contributed by atoms with Gasteiger partial charge in [0.2, 0.25) is 5.78 Å². The van der Waals surface area contributed by atoms with E-state index in [1.807, 2.05) is 36.4 Å². The molecule has 0 radical (unpaired) electrons. The first-order valence-electron chi connectivity index (χ1n) is 12.5. The number of hydrogen-bond acceptors (Lipinski definition) is 3. The Hall–Kier alpha value is -3.63. The molecule has 3 aromatic carbocycles. The van der Waals surface area contributed by atoms with E-state index >= 15 is 0 Å². The summed E-state index contributed by atoms with van der Waals surface area (Å²) in [6.07, 6.45) is 4.49. The van der Waals surface area contributed by atoms with Crippen molar-refractivity contribution in [2.45, 2.75) is 32.5 Å². The predicted octanol–water partition coefficient (Wildman–Crippen LogP) is 6.26. The van der Waals surface area contributed by atoms with Gasteiger partial charge in [0, 0.05) is 23.0 Å². The third-order valence-electron chi connectivity index (χ3n) is 7.29. The molecule has 0 amide bonds. The average molecular weight is 463 g/mol. The molecule has 2 aliphatic rings. The SMILES string of the molecule is O=C1/C(=C\C2CCN(Cc3ccccc3)CC2)Cn2c1cc1cc(OCc3ccccc3)ccc12. The third-order valence-corrected chi connectivity index (χ3v) is 7.29. The van der Waals surface area contributed by atoms with Crippen molar-refractivity contribution in [3.8, 4) is 5.75 Å². The van der Waals surface area contributed by atoms with Crippen molar-refractivity contribution in [1.29, 1.82) is 0 Å². The number of rotatable bonds is 6. The molecule has 2 aliphatic heterocycles. The van der Waals surface area contributed by atoms with Gasteiger partial charge in [-0.25, -0.2) is 0 Å². The lowest BCUT2D eigenvalue weighted by Gasteiger charge is -2.30. The molecule has 0 spiro atoms. The number of Topliss-reactive ketones (excluding diaryl/α,β-unsaturated/α-hetero) is 1. The number of hydrogen-bond donors (Lipinski definition) is 0. The Labute approximate surface area is 206 Å². The first kappa shape index (κ1) is 21.9. The van der Waals surface area contributed by atoms with Crippen molar-refractivity contribution >= 4 is 16.7 Å². The van der Waals surface area contributed by atoms with Crippen molar-refractivity contribution < 1.29 is 9.53 Å². The van der Waals surface area contributed by atoms with Crippen molar-refractivity contribution in [2.75, 3.05) is 13.1 Å². The van der Waals surface area contributed by atoms with Gasteiger partial charge in [0.15, 0.2) is 0 Å². The van der Waals surface area contributed by atoms with Gasteiger partial charge in [0.25, 0.3) is 0 Å². The highest BCUT2D eigenvalue weighted by molar-refractivity contribution is 6.12. The summed E-state index contributed by atoms with van der Waals surface area (Å²) in [4.78, 5) is 15.7. The molecule has 0 aliphatic carbocycles. The summed E-state index contributed by atoms with van der Waals surface area (Å²) in [7, 11) is 0. The summed E-state index contributed by atoms with van der Waals surface area (Å²) >= 11 is 0. The maximum atomic E-state index is 13.2. The quantitative estimate of drug-likeness (QED) is 0.318. The van der Waals surface area contributed by atoms with E-state index in [9.17, 15) is 4.79 Å². The number of aromatic nitrogens is 1. The van der Waals surface area contributed by atoms with E-state index in [2.05, 4.69) is 64.1 Å². The smallest absolute Gasteiger partial charge is 0.206 e. The van der Waals surface area contributed by atoms with Crippen molar-refractivity contribution in [3.63, 3.8) is 0 Å². The number of carbonyl (C=O) groups is 1. The van der Waals surface area contributed by atoms with Crippen LogP contribution in [-0.4, -0.2) is 28.3 Å². The van der Waals surface area contributed by atoms with E-state index in [0.29, 0.717) is 19.1 Å². The Morgan fingerprint density at radius 1 is 0.857 bits per heavy atom. The van der Waals surface area contributed by atoms with E-state index in [0.717, 1.165) is 66.0 Å². The van der Waals surface area contributed by atoms with Crippen LogP contribution in [-0.2, 0) is 19.7 Å². The Bertz CT molecular complexity index is 1360. The summed E-state index contributed by atoms with van der Waals surface area (Å²) in [5, 5.41) is 1.06. The second-order valence-corrected chi connectivity index (χ2v) is 9.73. The molecule has 0 atom stereocenters. The summed E-state index contributed by atoms with van der Waals surface area (Å²) in [5.41, 5.74) is 5.36. The molecule has 4 aromatic rings. The molecule has 6 rings (SSSR count). The maximum Gasteiger partial charge on any atom is 0.206 e. The zero-order valence-electron chi connectivity index (χ0n) is 19.9. The fourth-order valence-electron chi connectivity index (χ4n) is 5.38. The Balaban J connectivity index is 1.10. The van der Waals surface area contributed by atoms with Crippen LogP contribution < -0.4 is 4.74 Å². The standard InChI is InChI=1S/C31H30N2O2/c34-31-27(17-23-13-15-32(16-14-23)20-24-7-3-1-4-8-24)21-33-29-12-11-28(18-26(29)19-30(31)33)35-22-25-9-5-2-6-10-25/h1-12,17-19,23H,13-16,20-22H2/b27-17-. The topological polar surface area (TPSA) is 34.5 Å². The Morgan fingerprint density at radius 3 is 2.31 bits per heavy atom. The minimum atomic E-state index is 0.180. The fourth-order valence-corrected chi connectivity index (χ4v) is 5.38. The lowest BCUT2D eigenvalue weighted by molar-refractivity contribution is 0.103. The van der Waals surface area contributed by atoms with Crippen LogP contribution in [0.3, 0.4) is 0 Å². The molecular weight excluding hydrogens is 432 g/mol. The van der Waals surface area contributed by atoms with Crippen LogP contribution >= 0.6 is 0 Å². The highest BCUT2D eigenvalue weighted by atomic mass is 16.5. The lowest BCUT2D eigenvalue weighted by Crippen LogP contribution is -2.32. The number of benzene rings is 3. The van der Waals surface area contributed by atoms with Gasteiger partial charge >= 0.3 is 0 Å². The van der Waals surface area contributed by atoms with Crippen LogP contribution in [0.15, 0.2) is 96.6 Å². The summed E-state index contributed by atoms with van der Waals surface area (Å²) in [6, 6.07) is 29.0. The number of piperidine rings is 1. The van der Waals surface area contributed by atoms with Gasteiger partial charge in [-0.2, -0.15) is 0 Å². The molecule has 0 saturated carbocycles. The van der Waals surface area contributed by atoms with Gasteiger partial charge in [0.05, 0.1) is 12.2 Å². The largest absolute Gasteiger partial charge is 0.489 e. The fraction of sp³-hybridized carbons (Fsp3) is 0.258. The van der Waals surface area contributed by atoms with E-state index in [1.165, 1.54) is 5.56 Å². The molecule has 1 fully saturated rings. The Morgan fingerprint density at radius 2 is 1.57 bits per heavy atom. The van der Waals surface area contributed by atoms with E-state index < -0.39 is 0 Å². The monoisotopic (exact) mass is 462 g/mol. The second kappa shape index (κ2) is 9.55. The molecule has 35 heavy (non-hydrogen) atoms. The molecule has 1 saturated heterocycles. The molecule has 176 valence electrons. The number of allylic oxidation sites excluding steroid dienone is 2. The summed E-state index contributed by atoms with van der Waals surface area (Å²) < 4.78 is 8.15. The summed E-state index contributed by atoms with van der Waals surface area (Å²) in [6.45, 7) is 4.39. The number of ketones is 1. The lowest BCUT2D eigenvalue weighted by atomic mass is 9.93. The van der Waals surface area contributed by atoms with Gasteiger partial charge in [-0.15, -0.1) is 0 Å². The number of carbonyl (C=O) groups excluding carboxylic acids is 1. The van der Waals surface area contributed by atoms with Crippen LogP contribution in [0.25, 0.3) is 10.9 Å². The Kier molecular flexibility index (Phi) is 5.97. The van der Waals surface area contributed by atoms with Gasteiger partial charge in [-0.05, 0) is 67.2 Å². The third kappa shape index (κ3) is 4.67. The molecule has 0 bridgehead atoms.